The lowest BCUT2D eigenvalue weighted by Gasteiger charge is -2.12. The molecule has 0 spiro atoms. The third kappa shape index (κ3) is 4.79. The average molecular weight is 334 g/mol. The topological polar surface area (TPSA) is 68.9 Å². The number of guanidine groups is 1. The molecule has 122 valence electrons. The van der Waals surface area contributed by atoms with E-state index in [-0.39, 0.29) is 0 Å². The zero-order chi connectivity index (χ0) is 16.7. The van der Waals surface area contributed by atoms with Gasteiger partial charge in [0, 0.05) is 5.69 Å². The van der Waals surface area contributed by atoms with Crippen molar-refractivity contribution in [1.82, 2.24) is 0 Å². The molecule has 23 heavy (non-hydrogen) atoms. The van der Waals surface area contributed by atoms with Crippen molar-refractivity contribution in [2.24, 2.45) is 10.7 Å². The fourth-order valence-electron chi connectivity index (χ4n) is 2.03. The molecule has 0 aromatic heterocycles. The van der Waals surface area contributed by atoms with E-state index in [1.165, 1.54) is 0 Å². The summed E-state index contributed by atoms with van der Waals surface area (Å²) in [6, 6.07) is 13.3. The first kappa shape index (κ1) is 17.0. The minimum Gasteiger partial charge on any atom is -0.493 e. The van der Waals surface area contributed by atoms with Gasteiger partial charge >= 0.3 is 0 Å². The second-order valence-electron chi connectivity index (χ2n) is 4.73. The van der Waals surface area contributed by atoms with Crippen molar-refractivity contribution in [3.63, 3.8) is 0 Å². The number of methoxy groups -OCH3 is 1. The molecule has 0 aliphatic rings. The van der Waals surface area contributed by atoms with Crippen molar-refractivity contribution < 1.29 is 9.47 Å². The van der Waals surface area contributed by atoms with Crippen molar-refractivity contribution in [2.75, 3.05) is 19.0 Å². The normalized spacial score (nSPS) is 11.2. The maximum absolute atomic E-state index is 6.24. The van der Waals surface area contributed by atoms with Crippen molar-refractivity contribution in [3.8, 4) is 11.5 Å². The van der Waals surface area contributed by atoms with Gasteiger partial charge in [0.1, 0.15) is 0 Å². The summed E-state index contributed by atoms with van der Waals surface area (Å²) in [5.41, 5.74) is 7.66. The van der Waals surface area contributed by atoms with Gasteiger partial charge in [-0.2, -0.15) is 0 Å². The van der Waals surface area contributed by atoms with Crippen LogP contribution in [0, 0.1) is 0 Å². The molecule has 0 saturated carbocycles. The summed E-state index contributed by atoms with van der Waals surface area (Å²) < 4.78 is 10.8. The number of nitrogens with two attached hydrogens (primary N) is 1. The van der Waals surface area contributed by atoms with Crippen LogP contribution in [-0.2, 0) is 6.54 Å². The van der Waals surface area contributed by atoms with Gasteiger partial charge in [0.15, 0.2) is 17.5 Å². The number of ether oxygens (including phenoxy) is 2. The summed E-state index contributed by atoms with van der Waals surface area (Å²) in [6.45, 7) is 2.79. The Bertz CT molecular complexity index is 675. The number of nitrogens with one attached hydrogen (secondary N) is 1. The molecule has 0 heterocycles. The fourth-order valence-corrected chi connectivity index (χ4v) is 2.32. The molecule has 0 aliphatic heterocycles. The first-order chi connectivity index (χ1) is 11.1. The van der Waals surface area contributed by atoms with Gasteiger partial charge in [-0.05, 0) is 36.8 Å². The van der Waals surface area contributed by atoms with Crippen molar-refractivity contribution >= 4 is 23.2 Å². The van der Waals surface area contributed by atoms with Crippen LogP contribution in [0.4, 0.5) is 5.69 Å². The summed E-state index contributed by atoms with van der Waals surface area (Å²) >= 11 is 6.24. The molecular weight excluding hydrogens is 314 g/mol. The molecular formula is C17H20ClN3O2. The van der Waals surface area contributed by atoms with E-state index in [4.69, 9.17) is 26.8 Å². The predicted molar refractivity (Wildman–Crippen MR) is 94.6 cm³/mol. The van der Waals surface area contributed by atoms with E-state index < -0.39 is 0 Å². The quantitative estimate of drug-likeness (QED) is 0.625. The molecule has 0 bridgehead atoms. The van der Waals surface area contributed by atoms with Crippen LogP contribution >= 0.6 is 11.6 Å². The molecule has 0 unspecified atom stereocenters. The molecule has 2 aromatic carbocycles. The minimum atomic E-state index is 0.333. The number of hydrogen-bond donors (Lipinski definition) is 2. The van der Waals surface area contributed by atoms with Crippen LogP contribution in [0.25, 0.3) is 0 Å². The Morgan fingerprint density at radius 1 is 1.26 bits per heavy atom. The molecule has 0 saturated heterocycles. The van der Waals surface area contributed by atoms with E-state index in [0.29, 0.717) is 35.6 Å². The highest BCUT2D eigenvalue weighted by atomic mass is 35.5. The SMILES string of the molecule is CCOc1c(Cl)cc(CN=C(N)Nc2ccccc2)cc1OC. The Balaban J connectivity index is 2.10. The van der Waals surface area contributed by atoms with Crippen LogP contribution in [0.15, 0.2) is 47.5 Å². The smallest absolute Gasteiger partial charge is 0.193 e. The van der Waals surface area contributed by atoms with Crippen molar-refractivity contribution in [3.05, 3.63) is 53.1 Å². The van der Waals surface area contributed by atoms with Gasteiger partial charge in [-0.15, -0.1) is 0 Å². The van der Waals surface area contributed by atoms with Crippen LogP contribution in [0.3, 0.4) is 0 Å². The molecule has 0 fully saturated rings. The van der Waals surface area contributed by atoms with E-state index in [0.717, 1.165) is 11.3 Å². The van der Waals surface area contributed by atoms with Crippen LogP contribution in [0.1, 0.15) is 12.5 Å². The number of aliphatic imine (C=N–C) groups is 1. The number of hydrogen-bond acceptors (Lipinski definition) is 3. The summed E-state index contributed by atoms with van der Waals surface area (Å²) in [5, 5.41) is 3.52. The zero-order valence-corrected chi connectivity index (χ0v) is 13.9. The van der Waals surface area contributed by atoms with Gasteiger partial charge in [-0.1, -0.05) is 29.8 Å². The second kappa shape index (κ2) is 8.29. The number of benzene rings is 2. The summed E-state index contributed by atoms with van der Waals surface area (Å²) in [6.07, 6.45) is 0. The highest BCUT2D eigenvalue weighted by molar-refractivity contribution is 6.32. The largest absolute Gasteiger partial charge is 0.493 e. The van der Waals surface area contributed by atoms with E-state index in [1.807, 2.05) is 43.3 Å². The lowest BCUT2D eigenvalue weighted by Crippen LogP contribution is -2.22. The lowest BCUT2D eigenvalue weighted by molar-refractivity contribution is 0.311. The first-order valence-electron chi connectivity index (χ1n) is 7.25. The van der Waals surface area contributed by atoms with Crippen LogP contribution in [0.5, 0.6) is 11.5 Å². The number of halogens is 1. The second-order valence-corrected chi connectivity index (χ2v) is 5.14. The Morgan fingerprint density at radius 3 is 2.65 bits per heavy atom. The monoisotopic (exact) mass is 333 g/mol. The molecule has 6 heteroatoms. The summed E-state index contributed by atoms with van der Waals surface area (Å²) in [7, 11) is 1.58. The molecule has 5 nitrogen and oxygen atoms in total. The van der Waals surface area contributed by atoms with Crippen molar-refractivity contribution in [1.29, 1.82) is 0 Å². The Hall–Kier alpha value is -2.40. The average Bonchev–Trinajstić information content (AvgIpc) is 2.56. The number of para-hydroxylation sites is 1. The van der Waals surface area contributed by atoms with Gasteiger partial charge < -0.3 is 20.5 Å². The maximum Gasteiger partial charge on any atom is 0.193 e. The van der Waals surface area contributed by atoms with E-state index >= 15 is 0 Å². The number of anilines is 1. The van der Waals surface area contributed by atoms with Crippen LogP contribution in [-0.4, -0.2) is 19.7 Å². The molecule has 2 aromatic rings. The van der Waals surface area contributed by atoms with E-state index in [2.05, 4.69) is 10.3 Å². The van der Waals surface area contributed by atoms with Gasteiger partial charge in [-0.25, -0.2) is 4.99 Å². The Morgan fingerprint density at radius 2 is 2.00 bits per heavy atom. The number of nitrogens with zero attached hydrogens (tertiary/aromatic N) is 1. The molecule has 0 radical (unpaired) electrons. The Labute approximate surface area is 141 Å². The van der Waals surface area contributed by atoms with Gasteiger partial charge in [-0.3, -0.25) is 0 Å². The third-order valence-corrected chi connectivity index (χ3v) is 3.34. The zero-order valence-electron chi connectivity index (χ0n) is 13.2. The third-order valence-electron chi connectivity index (χ3n) is 3.06. The van der Waals surface area contributed by atoms with Crippen LogP contribution < -0.4 is 20.5 Å². The predicted octanol–water partition coefficient (Wildman–Crippen LogP) is 3.67. The molecule has 0 aliphatic carbocycles. The summed E-state index contributed by atoms with van der Waals surface area (Å²) in [4.78, 5) is 4.31. The highest BCUT2D eigenvalue weighted by Gasteiger charge is 2.11. The highest BCUT2D eigenvalue weighted by Crippen LogP contribution is 2.36. The van der Waals surface area contributed by atoms with Gasteiger partial charge in [0.05, 0.1) is 25.3 Å². The fraction of sp³-hybridized carbons (Fsp3) is 0.235. The van der Waals surface area contributed by atoms with Gasteiger partial charge in [0.2, 0.25) is 0 Å². The first-order valence-corrected chi connectivity index (χ1v) is 7.63. The van der Waals surface area contributed by atoms with Crippen molar-refractivity contribution in [2.45, 2.75) is 13.5 Å². The molecule has 0 amide bonds. The van der Waals surface area contributed by atoms with Gasteiger partial charge in [0.25, 0.3) is 0 Å². The number of rotatable bonds is 6. The molecule has 0 atom stereocenters. The molecule has 3 N–H and O–H groups in total. The summed E-state index contributed by atoms with van der Waals surface area (Å²) in [5.74, 6) is 1.46. The maximum atomic E-state index is 6.24. The molecule has 2 rings (SSSR count). The minimum absolute atomic E-state index is 0.333. The lowest BCUT2D eigenvalue weighted by atomic mass is 10.2. The Kier molecular flexibility index (Phi) is 6.11. The van der Waals surface area contributed by atoms with E-state index in [9.17, 15) is 0 Å². The van der Waals surface area contributed by atoms with E-state index in [1.54, 1.807) is 13.2 Å². The van der Waals surface area contributed by atoms with Crippen LogP contribution in [0.2, 0.25) is 5.02 Å². The standard InChI is InChI=1S/C17H20ClN3O2/c1-3-23-16-14(18)9-12(10-15(16)22-2)11-20-17(19)21-13-7-5-4-6-8-13/h4-10H,3,11H2,1-2H3,(H3,19,20,21).